The van der Waals surface area contributed by atoms with Gasteiger partial charge >= 0.3 is 0 Å². The van der Waals surface area contributed by atoms with Crippen LogP contribution >= 0.6 is 0 Å². The van der Waals surface area contributed by atoms with Gasteiger partial charge in [0.25, 0.3) is 0 Å². The Bertz CT molecular complexity index is 770. The summed E-state index contributed by atoms with van der Waals surface area (Å²) in [5.41, 5.74) is 1.14. The van der Waals surface area contributed by atoms with Crippen LogP contribution in [0.15, 0.2) is 18.2 Å². The highest BCUT2D eigenvalue weighted by molar-refractivity contribution is 7.88. The van der Waals surface area contributed by atoms with Crippen LogP contribution in [0.25, 0.3) is 0 Å². The van der Waals surface area contributed by atoms with Gasteiger partial charge in [0, 0.05) is 32.2 Å². The molecule has 2 fully saturated rings. The van der Waals surface area contributed by atoms with E-state index in [2.05, 4.69) is 20.6 Å². The molecule has 1 N–H and O–H groups in total. The molecule has 1 aliphatic carbocycles. The molecular weight excluding hydrogens is 378 g/mol. The van der Waals surface area contributed by atoms with E-state index in [-0.39, 0.29) is 6.04 Å². The van der Waals surface area contributed by atoms with E-state index in [1.165, 1.54) is 12.7 Å². The molecule has 0 aromatic heterocycles. The summed E-state index contributed by atoms with van der Waals surface area (Å²) in [5.74, 6) is 2.45. The standard InChI is InChI=1S/C20H31N3O4S/c1-28(24,25)21-17-7-5-16(6-8-17)9-10-22-11-13-23(14-12-22)18-3-2-4-19-20(18)27-15-26-19/h2-4,16-17,21H,5-15H2,1H3/t16-,17-. The van der Waals surface area contributed by atoms with Gasteiger partial charge in [-0.05, 0) is 56.7 Å². The van der Waals surface area contributed by atoms with E-state index in [0.717, 1.165) is 81.5 Å². The van der Waals surface area contributed by atoms with E-state index in [1.807, 2.05) is 12.1 Å². The Kier molecular flexibility index (Phi) is 5.99. The van der Waals surface area contributed by atoms with Gasteiger partial charge in [-0.2, -0.15) is 0 Å². The molecule has 0 bridgehead atoms. The smallest absolute Gasteiger partial charge is 0.231 e. The van der Waals surface area contributed by atoms with Crippen molar-refractivity contribution in [3.05, 3.63) is 18.2 Å². The molecule has 1 saturated carbocycles. The molecule has 8 heteroatoms. The summed E-state index contributed by atoms with van der Waals surface area (Å²) in [6, 6.07) is 6.24. The Balaban J connectivity index is 1.19. The maximum atomic E-state index is 11.4. The average Bonchev–Trinajstić information content (AvgIpc) is 3.16. The van der Waals surface area contributed by atoms with Gasteiger partial charge in [0.2, 0.25) is 16.8 Å². The molecule has 0 unspecified atom stereocenters. The van der Waals surface area contributed by atoms with Crippen molar-refractivity contribution >= 4 is 15.7 Å². The number of rotatable bonds is 6. The third-order valence-electron chi connectivity index (χ3n) is 6.17. The summed E-state index contributed by atoms with van der Waals surface area (Å²) >= 11 is 0. The van der Waals surface area contributed by atoms with Crippen molar-refractivity contribution in [2.75, 3.05) is 50.7 Å². The van der Waals surface area contributed by atoms with E-state index in [0.29, 0.717) is 6.79 Å². The number of anilines is 1. The fraction of sp³-hybridized carbons (Fsp3) is 0.700. The number of para-hydroxylation sites is 1. The first-order valence-electron chi connectivity index (χ1n) is 10.3. The van der Waals surface area contributed by atoms with Gasteiger partial charge in [-0.1, -0.05) is 6.07 Å². The van der Waals surface area contributed by atoms with Crippen molar-refractivity contribution in [2.24, 2.45) is 5.92 Å². The molecule has 0 radical (unpaired) electrons. The number of nitrogens with zero attached hydrogens (tertiary/aromatic N) is 2. The summed E-state index contributed by atoms with van der Waals surface area (Å²) < 4.78 is 36.6. The molecule has 0 amide bonds. The van der Waals surface area contributed by atoms with E-state index >= 15 is 0 Å². The first kappa shape index (κ1) is 19.8. The second-order valence-electron chi connectivity index (χ2n) is 8.24. The van der Waals surface area contributed by atoms with E-state index in [9.17, 15) is 8.42 Å². The minimum Gasteiger partial charge on any atom is -0.454 e. The molecule has 7 nitrogen and oxygen atoms in total. The monoisotopic (exact) mass is 409 g/mol. The lowest BCUT2D eigenvalue weighted by Gasteiger charge is -2.37. The van der Waals surface area contributed by atoms with E-state index in [4.69, 9.17) is 9.47 Å². The van der Waals surface area contributed by atoms with Crippen LogP contribution in [-0.2, 0) is 10.0 Å². The predicted octanol–water partition coefficient (Wildman–Crippen LogP) is 2.04. The number of piperazine rings is 1. The highest BCUT2D eigenvalue weighted by Crippen LogP contribution is 2.41. The van der Waals surface area contributed by atoms with Gasteiger partial charge in [-0.15, -0.1) is 0 Å². The van der Waals surface area contributed by atoms with Crippen molar-refractivity contribution in [1.82, 2.24) is 9.62 Å². The SMILES string of the molecule is CS(=O)(=O)N[C@H]1CC[C@H](CCN2CCN(c3cccc4c3OCO4)CC2)CC1. The second-order valence-corrected chi connectivity index (χ2v) is 10.0. The largest absolute Gasteiger partial charge is 0.454 e. The van der Waals surface area contributed by atoms with Gasteiger partial charge in [0.15, 0.2) is 11.5 Å². The zero-order valence-corrected chi connectivity index (χ0v) is 17.4. The van der Waals surface area contributed by atoms with Gasteiger partial charge in [0.1, 0.15) is 0 Å². The highest BCUT2D eigenvalue weighted by Gasteiger charge is 2.26. The Hall–Kier alpha value is -1.51. The maximum Gasteiger partial charge on any atom is 0.231 e. The molecular formula is C20H31N3O4S. The Morgan fingerprint density at radius 3 is 2.54 bits per heavy atom. The predicted molar refractivity (Wildman–Crippen MR) is 110 cm³/mol. The number of benzene rings is 1. The molecule has 0 spiro atoms. The Morgan fingerprint density at radius 2 is 1.82 bits per heavy atom. The molecule has 0 atom stereocenters. The van der Waals surface area contributed by atoms with Crippen LogP contribution < -0.4 is 19.1 Å². The normalized spacial score (nSPS) is 25.8. The molecule has 4 rings (SSSR count). The fourth-order valence-corrected chi connectivity index (χ4v) is 5.45. The first-order chi connectivity index (χ1) is 13.5. The number of hydrogen-bond donors (Lipinski definition) is 1. The van der Waals surface area contributed by atoms with Gasteiger partial charge in [-0.25, -0.2) is 13.1 Å². The molecule has 3 aliphatic rings. The first-order valence-corrected chi connectivity index (χ1v) is 12.2. The van der Waals surface area contributed by atoms with Crippen LogP contribution in [0.3, 0.4) is 0 Å². The lowest BCUT2D eigenvalue weighted by atomic mass is 9.84. The number of nitrogens with one attached hydrogen (secondary N) is 1. The van der Waals surface area contributed by atoms with Crippen molar-refractivity contribution < 1.29 is 17.9 Å². The van der Waals surface area contributed by atoms with Crippen molar-refractivity contribution in [2.45, 2.75) is 38.1 Å². The van der Waals surface area contributed by atoms with Crippen LogP contribution in [0.2, 0.25) is 0 Å². The zero-order chi connectivity index (χ0) is 19.6. The highest BCUT2D eigenvalue weighted by atomic mass is 32.2. The summed E-state index contributed by atoms with van der Waals surface area (Å²) in [6.45, 7) is 5.59. The van der Waals surface area contributed by atoms with Crippen molar-refractivity contribution in [1.29, 1.82) is 0 Å². The van der Waals surface area contributed by atoms with E-state index in [1.54, 1.807) is 0 Å². The molecule has 28 heavy (non-hydrogen) atoms. The molecule has 1 aromatic rings. The molecule has 2 heterocycles. The maximum absolute atomic E-state index is 11.4. The minimum absolute atomic E-state index is 0.133. The lowest BCUT2D eigenvalue weighted by Crippen LogP contribution is -2.47. The number of sulfonamides is 1. The molecule has 2 aliphatic heterocycles. The molecule has 156 valence electrons. The van der Waals surface area contributed by atoms with Crippen LogP contribution in [0.5, 0.6) is 11.5 Å². The summed E-state index contributed by atoms with van der Waals surface area (Å²) in [5, 5.41) is 0. The lowest BCUT2D eigenvalue weighted by molar-refractivity contribution is 0.173. The van der Waals surface area contributed by atoms with Gasteiger partial charge < -0.3 is 14.4 Å². The second kappa shape index (κ2) is 8.47. The third kappa shape index (κ3) is 4.90. The van der Waals surface area contributed by atoms with E-state index < -0.39 is 10.0 Å². The fourth-order valence-electron chi connectivity index (χ4n) is 4.61. The summed E-state index contributed by atoms with van der Waals surface area (Å²) in [7, 11) is -3.08. The third-order valence-corrected chi connectivity index (χ3v) is 6.93. The van der Waals surface area contributed by atoms with Crippen LogP contribution in [0.4, 0.5) is 5.69 Å². The van der Waals surface area contributed by atoms with Crippen molar-refractivity contribution in [3.8, 4) is 11.5 Å². The summed E-state index contributed by atoms with van der Waals surface area (Å²) in [6.07, 6.45) is 6.64. The van der Waals surface area contributed by atoms with Crippen molar-refractivity contribution in [3.63, 3.8) is 0 Å². The average molecular weight is 410 g/mol. The summed E-state index contributed by atoms with van der Waals surface area (Å²) in [4.78, 5) is 4.95. The number of ether oxygens (including phenoxy) is 2. The van der Waals surface area contributed by atoms with Gasteiger partial charge in [-0.3, -0.25) is 4.90 Å². The van der Waals surface area contributed by atoms with Crippen LogP contribution in [0.1, 0.15) is 32.1 Å². The zero-order valence-electron chi connectivity index (χ0n) is 16.6. The van der Waals surface area contributed by atoms with Crippen LogP contribution in [0, 0.1) is 5.92 Å². The molecule has 1 aromatic carbocycles. The minimum atomic E-state index is -3.08. The topological polar surface area (TPSA) is 71.1 Å². The quantitative estimate of drug-likeness (QED) is 0.775. The number of hydrogen-bond acceptors (Lipinski definition) is 6. The van der Waals surface area contributed by atoms with Gasteiger partial charge in [0.05, 0.1) is 11.9 Å². The Morgan fingerprint density at radius 1 is 1.07 bits per heavy atom. The number of fused-ring (bicyclic) bond motifs is 1. The molecule has 1 saturated heterocycles. The van der Waals surface area contributed by atoms with Crippen LogP contribution in [-0.4, -0.2) is 65.1 Å². The Labute approximate surface area is 168 Å².